The van der Waals surface area contributed by atoms with E-state index in [2.05, 4.69) is 4.98 Å². The van der Waals surface area contributed by atoms with Crippen molar-refractivity contribution in [2.45, 2.75) is 0 Å². The van der Waals surface area contributed by atoms with Gasteiger partial charge in [0.15, 0.2) is 5.84 Å². The summed E-state index contributed by atoms with van der Waals surface area (Å²) in [6.07, 6.45) is 0. The second kappa shape index (κ2) is 3.38. The number of aromatic nitrogens is 1. The maximum atomic E-state index is 8.39. The molecule has 0 aliphatic heterocycles. The molecule has 0 spiro atoms. The molecule has 0 fully saturated rings. The predicted molar refractivity (Wildman–Crippen MR) is 45.4 cm³/mol. The monoisotopic (exact) mass is 186 g/mol. The van der Waals surface area contributed by atoms with Crippen molar-refractivity contribution < 1.29 is 5.21 Å². The summed E-state index contributed by atoms with van der Waals surface area (Å²) in [5.74, 6) is -0.282. The van der Waals surface area contributed by atoms with Gasteiger partial charge >= 0.3 is 0 Å². The Hall–Kier alpha value is -1.33. The highest BCUT2D eigenvalue weighted by Gasteiger charge is 2.06. The molecular weight excluding hydrogens is 180 g/mol. The molecule has 0 aliphatic carbocycles. The highest BCUT2D eigenvalue weighted by Crippen LogP contribution is 2.12. The van der Waals surface area contributed by atoms with Crippen LogP contribution in [-0.2, 0) is 0 Å². The van der Waals surface area contributed by atoms with Crippen molar-refractivity contribution in [3.8, 4) is 0 Å². The van der Waals surface area contributed by atoms with Crippen LogP contribution in [0.4, 0.5) is 5.69 Å². The van der Waals surface area contributed by atoms with Gasteiger partial charge in [-0.1, -0.05) is 11.6 Å². The smallest absolute Gasteiger partial charge is 0.170 e. The van der Waals surface area contributed by atoms with Gasteiger partial charge in [0.1, 0.15) is 10.8 Å². The fourth-order valence-electron chi connectivity index (χ4n) is 0.699. The quantitative estimate of drug-likeness (QED) is 0.224. The first-order chi connectivity index (χ1) is 5.65. The molecule has 0 saturated carbocycles. The summed E-state index contributed by atoms with van der Waals surface area (Å²) in [6.45, 7) is 0. The average Bonchev–Trinajstić information content (AvgIpc) is 2.08. The Morgan fingerprint density at radius 3 is 2.92 bits per heavy atom. The molecule has 1 aromatic rings. The van der Waals surface area contributed by atoms with Gasteiger partial charge in [0.05, 0.1) is 5.69 Å². The van der Waals surface area contributed by atoms with E-state index in [1.54, 1.807) is 5.48 Å². The lowest BCUT2D eigenvalue weighted by Crippen LogP contribution is -2.21. The molecule has 0 bridgehead atoms. The Morgan fingerprint density at radius 1 is 1.67 bits per heavy atom. The van der Waals surface area contributed by atoms with Gasteiger partial charge in [0.25, 0.3) is 0 Å². The molecule has 64 valence electrons. The zero-order chi connectivity index (χ0) is 9.14. The first-order valence-electron chi connectivity index (χ1n) is 3.06. The van der Waals surface area contributed by atoms with Gasteiger partial charge in [0, 0.05) is 0 Å². The van der Waals surface area contributed by atoms with E-state index in [9.17, 15) is 0 Å². The van der Waals surface area contributed by atoms with Gasteiger partial charge in [0.2, 0.25) is 0 Å². The largest absolute Gasteiger partial charge is 0.397 e. The van der Waals surface area contributed by atoms with E-state index < -0.39 is 0 Å². The summed E-state index contributed by atoms with van der Waals surface area (Å²) in [4.78, 5) is 3.74. The number of hydroxylamine groups is 1. The van der Waals surface area contributed by atoms with Crippen LogP contribution in [0, 0.1) is 5.41 Å². The average molecular weight is 187 g/mol. The summed E-state index contributed by atoms with van der Waals surface area (Å²) in [5, 5.41) is 15.8. The number of hydrogen-bond donors (Lipinski definition) is 4. The van der Waals surface area contributed by atoms with E-state index in [-0.39, 0.29) is 22.4 Å². The van der Waals surface area contributed by atoms with Crippen LogP contribution >= 0.6 is 11.6 Å². The molecule has 1 aromatic heterocycles. The number of nitrogens with zero attached hydrogens (tertiary/aromatic N) is 1. The molecule has 0 unspecified atom stereocenters. The number of amidine groups is 1. The lowest BCUT2D eigenvalue weighted by atomic mass is 10.3. The molecule has 0 saturated heterocycles. The van der Waals surface area contributed by atoms with Crippen molar-refractivity contribution in [1.82, 2.24) is 10.5 Å². The second-order valence-corrected chi connectivity index (χ2v) is 2.45. The Bertz CT molecular complexity index is 314. The van der Waals surface area contributed by atoms with Gasteiger partial charge in [-0.25, -0.2) is 4.98 Å². The number of nitrogens with two attached hydrogens (primary N) is 1. The molecule has 0 radical (unpaired) electrons. The molecule has 6 heteroatoms. The number of nitrogens with one attached hydrogen (secondary N) is 2. The SMILES string of the molecule is N=C(NO)c1nc(Cl)ccc1N. The van der Waals surface area contributed by atoms with Gasteiger partial charge in [-0.05, 0) is 12.1 Å². The van der Waals surface area contributed by atoms with Crippen molar-refractivity contribution >= 4 is 23.1 Å². The zero-order valence-electron chi connectivity index (χ0n) is 6.00. The second-order valence-electron chi connectivity index (χ2n) is 2.06. The highest BCUT2D eigenvalue weighted by atomic mass is 35.5. The van der Waals surface area contributed by atoms with Gasteiger partial charge in [-0.3, -0.25) is 16.1 Å². The standard InChI is InChI=1S/C6H7ClN4O/c7-4-2-1-3(8)5(10-4)6(9)11-12/h1-2,12H,8H2,(H2,9,11). The van der Waals surface area contributed by atoms with Crippen LogP contribution in [-0.4, -0.2) is 16.0 Å². The van der Waals surface area contributed by atoms with E-state index in [1.807, 2.05) is 0 Å². The lowest BCUT2D eigenvalue weighted by molar-refractivity contribution is 0.234. The Labute approximate surface area is 73.6 Å². The minimum Gasteiger partial charge on any atom is -0.397 e. The molecular formula is C6H7ClN4O. The van der Waals surface area contributed by atoms with Crippen molar-refractivity contribution in [3.05, 3.63) is 23.0 Å². The summed E-state index contributed by atoms with van der Waals surface area (Å²) < 4.78 is 0. The maximum Gasteiger partial charge on any atom is 0.170 e. The van der Waals surface area contributed by atoms with E-state index in [4.69, 9.17) is 28.0 Å². The third-order valence-electron chi connectivity index (χ3n) is 1.24. The van der Waals surface area contributed by atoms with Crippen molar-refractivity contribution in [2.75, 3.05) is 5.73 Å². The Morgan fingerprint density at radius 2 is 2.33 bits per heavy atom. The number of rotatable bonds is 1. The summed E-state index contributed by atoms with van der Waals surface area (Å²) in [6, 6.07) is 3.02. The third-order valence-corrected chi connectivity index (χ3v) is 1.45. The third kappa shape index (κ3) is 1.63. The molecule has 5 nitrogen and oxygen atoms in total. The van der Waals surface area contributed by atoms with E-state index in [0.717, 1.165) is 0 Å². The van der Waals surface area contributed by atoms with E-state index in [1.165, 1.54) is 12.1 Å². The first-order valence-corrected chi connectivity index (χ1v) is 3.44. The highest BCUT2D eigenvalue weighted by molar-refractivity contribution is 6.29. The van der Waals surface area contributed by atoms with Crippen LogP contribution in [0.1, 0.15) is 5.69 Å². The van der Waals surface area contributed by atoms with Crippen LogP contribution in [0.3, 0.4) is 0 Å². The van der Waals surface area contributed by atoms with Crippen LogP contribution < -0.4 is 11.2 Å². The Kier molecular flexibility index (Phi) is 2.47. The summed E-state index contributed by atoms with van der Waals surface area (Å²) in [7, 11) is 0. The normalized spacial score (nSPS) is 9.50. The molecule has 0 amide bonds. The van der Waals surface area contributed by atoms with Gasteiger partial charge in [-0.2, -0.15) is 0 Å². The molecule has 1 heterocycles. The van der Waals surface area contributed by atoms with Gasteiger partial charge < -0.3 is 5.73 Å². The molecule has 12 heavy (non-hydrogen) atoms. The maximum absolute atomic E-state index is 8.39. The molecule has 1 rings (SSSR count). The Balaban J connectivity index is 3.13. The van der Waals surface area contributed by atoms with Crippen LogP contribution in [0.25, 0.3) is 0 Å². The van der Waals surface area contributed by atoms with E-state index in [0.29, 0.717) is 0 Å². The fraction of sp³-hybridized carbons (Fsp3) is 0. The predicted octanol–water partition coefficient (Wildman–Crippen LogP) is 0.621. The number of halogens is 1. The van der Waals surface area contributed by atoms with Crippen molar-refractivity contribution in [1.29, 1.82) is 5.41 Å². The molecule has 0 aliphatic rings. The minimum atomic E-state index is -0.282. The number of nitrogen functional groups attached to an aromatic ring is 1. The molecule has 5 N–H and O–H groups in total. The number of pyridine rings is 1. The topological polar surface area (TPSA) is 95.0 Å². The van der Waals surface area contributed by atoms with Crippen LogP contribution in [0.15, 0.2) is 12.1 Å². The molecule has 0 aromatic carbocycles. The summed E-state index contributed by atoms with van der Waals surface area (Å²) in [5.41, 5.74) is 7.50. The number of anilines is 1. The zero-order valence-corrected chi connectivity index (χ0v) is 6.76. The van der Waals surface area contributed by atoms with Crippen LogP contribution in [0.5, 0.6) is 0 Å². The minimum absolute atomic E-state index is 0.130. The molecule has 0 atom stereocenters. The van der Waals surface area contributed by atoms with E-state index >= 15 is 0 Å². The fourth-order valence-corrected chi connectivity index (χ4v) is 0.847. The summed E-state index contributed by atoms with van der Waals surface area (Å²) >= 11 is 5.55. The number of hydrogen-bond acceptors (Lipinski definition) is 4. The van der Waals surface area contributed by atoms with Gasteiger partial charge in [-0.15, -0.1) is 0 Å². The van der Waals surface area contributed by atoms with Crippen molar-refractivity contribution in [3.63, 3.8) is 0 Å². The first kappa shape index (κ1) is 8.76. The lowest BCUT2D eigenvalue weighted by Gasteiger charge is -2.04. The van der Waals surface area contributed by atoms with Crippen molar-refractivity contribution in [2.24, 2.45) is 0 Å². The van der Waals surface area contributed by atoms with Crippen LogP contribution in [0.2, 0.25) is 5.15 Å².